The topological polar surface area (TPSA) is 14.8 Å². The molecule has 4 aliphatic carbocycles. The molecule has 3 heterocycles. The number of fused-ring (bicyclic) bond motifs is 6. The molecule has 5 aromatic carbocycles. The molecule has 0 N–H and O–H groups in total. The second-order valence-corrected chi connectivity index (χ2v) is 23.3. The Morgan fingerprint density at radius 3 is 1.50 bits per heavy atom. The van der Waals surface area contributed by atoms with Crippen LogP contribution in [0, 0.1) is 55.4 Å². The van der Waals surface area contributed by atoms with Gasteiger partial charge in [-0.15, -0.1) is 0 Å². The number of rotatable bonds is 9. The Hall–Kier alpha value is -4.08. The summed E-state index contributed by atoms with van der Waals surface area (Å²) in [5.41, 5.74) is 16.8. The molecule has 1 atom stereocenters. The Kier molecular flexibility index (Phi) is 28.3. The fraction of sp³-hybridized carbons (Fsp3) is 0.458. The van der Waals surface area contributed by atoms with E-state index >= 15 is 0 Å². The molecule has 5 aliphatic rings. The van der Waals surface area contributed by atoms with Gasteiger partial charge in [-0.25, -0.2) is 4.57 Å². The number of anilines is 2. The third kappa shape index (κ3) is 15.9. The fourth-order valence-corrected chi connectivity index (χ4v) is 13.1. The van der Waals surface area contributed by atoms with Crippen molar-refractivity contribution in [2.45, 2.75) is 195 Å². The molecule has 1 aliphatic heterocycles. The van der Waals surface area contributed by atoms with Crippen molar-refractivity contribution in [2.75, 3.05) is 9.80 Å². The molecular weight excluding hydrogens is 1300 g/mol. The maximum Gasteiger partial charge on any atom is 2.00 e. The molecule has 4 saturated carbocycles. The number of para-hydroxylation sites is 2. The van der Waals surface area contributed by atoms with Crippen LogP contribution in [0.15, 0.2) is 122 Å². The largest absolute Gasteiger partial charge is 2.00 e. The van der Waals surface area contributed by atoms with Crippen molar-refractivity contribution in [1.29, 1.82) is 0 Å². The van der Waals surface area contributed by atoms with Gasteiger partial charge in [-0.05, 0) is 141 Å². The van der Waals surface area contributed by atoms with Gasteiger partial charge in [-0.1, -0.05) is 196 Å². The molecule has 12 rings (SSSR count). The molecule has 0 bridgehead atoms. The van der Waals surface area contributed by atoms with Crippen LogP contribution >= 0.6 is 0 Å². The van der Waals surface area contributed by atoms with Crippen molar-refractivity contribution >= 4 is 38.7 Å². The normalized spacial score (nSPS) is 16.7. The summed E-state index contributed by atoms with van der Waals surface area (Å²) >= 11 is 0. The Labute approximate surface area is 503 Å². The Balaban J connectivity index is 0.000000342. The van der Waals surface area contributed by atoms with Gasteiger partial charge in [0.05, 0.1) is 12.4 Å². The van der Waals surface area contributed by atoms with E-state index in [1.54, 1.807) is 5.56 Å². The summed E-state index contributed by atoms with van der Waals surface area (Å²) in [7, 11) is 2.23. The van der Waals surface area contributed by atoms with E-state index in [9.17, 15) is 0 Å². The minimum absolute atomic E-state index is 0. The number of hydrogen-bond acceptors (Lipinski definition) is 2. The molecular formula is C72H101N4Os2+. The van der Waals surface area contributed by atoms with Gasteiger partial charge >= 0.3 is 39.6 Å². The predicted molar refractivity (Wildman–Crippen MR) is 336 cm³/mol. The molecule has 0 saturated heterocycles. The summed E-state index contributed by atoms with van der Waals surface area (Å²) in [4.78, 5) is 4.70. The quantitative estimate of drug-likeness (QED) is 0.0813. The molecule has 78 heavy (non-hydrogen) atoms. The predicted octanol–water partition coefficient (Wildman–Crippen LogP) is 20.6. The number of nitrogens with zero attached hydrogens (tertiary/aromatic N) is 4. The van der Waals surface area contributed by atoms with Gasteiger partial charge in [-0.2, -0.15) is 4.40 Å². The van der Waals surface area contributed by atoms with Crippen LogP contribution in [-0.2, 0) is 59.5 Å². The smallest absolute Gasteiger partial charge is 0.358 e. The first-order valence-corrected chi connectivity index (χ1v) is 28.9. The van der Waals surface area contributed by atoms with Crippen molar-refractivity contribution in [1.82, 2.24) is 4.40 Å². The Morgan fingerprint density at radius 1 is 0.513 bits per heavy atom. The van der Waals surface area contributed by atoms with Crippen molar-refractivity contribution < 1.29 is 44.1 Å². The Morgan fingerprint density at radius 2 is 0.974 bits per heavy atom. The minimum atomic E-state index is 0. The van der Waals surface area contributed by atoms with Crippen molar-refractivity contribution in [3.05, 3.63) is 185 Å². The summed E-state index contributed by atoms with van der Waals surface area (Å²) in [5, 5.41) is 4.03. The summed E-state index contributed by atoms with van der Waals surface area (Å²) in [6, 6.07) is 38.8. The second-order valence-electron chi connectivity index (χ2n) is 23.3. The van der Waals surface area contributed by atoms with Gasteiger partial charge < -0.3 is 39.5 Å². The maximum absolute atomic E-state index is 2.60. The standard InChI is InChI=1S/C36H43N2.C22H26N2.2C5H10.4CH3.2Os/c1-23(2)18-28-20-27(26-13-7-8-14-26)21-29(19-24(3)4)35(28)33-22-37(6)36-34-25(5)12-11-16-31(34)30-15-9-10-17-32(30)38(33)36;1-17-7-3-6-10-22(17)24-16-15-23(18(24)2)21-13-11-20(12-14-21)19-8-4-5-9-19;2*1-2-4-5-3-1;;;;;;/h9-12,15-17,20-24,26H,7-8,13-14,18-19H2,1-6H3;3,6-7,10-16,18-19H,4-5,8-9H2,1-2H3;2*1-5H2;4*1H3;;/q+1;;;;4*-1;2*+2/t;18-;;;;;;;;/m.0......../s1. The summed E-state index contributed by atoms with van der Waals surface area (Å²) < 4.78 is 4.95. The molecule has 2 aromatic heterocycles. The number of imidazole rings is 1. The summed E-state index contributed by atoms with van der Waals surface area (Å²) in [6.45, 7) is 16.2. The molecule has 0 unspecified atom stereocenters. The SMILES string of the molecule is C1CCCC1.C1CCCC1.Cc1cccc2c3ccccc3n3c(-c4c(CC(C)C)cc(C5CCCC5)cc4CC(C)C)c[n+](C)c3c12.Cc1ccccc1N1C=CN(c2ccc(C3CCCC3)cc2)[C@@H]1C.[CH3-].[CH3-].[CH3-].[CH3-].[Os+2].[Os+2]. The molecule has 424 valence electrons. The molecule has 6 heteroatoms. The van der Waals surface area contributed by atoms with Gasteiger partial charge in [0.2, 0.25) is 0 Å². The maximum atomic E-state index is 2.60. The number of aromatic nitrogens is 2. The summed E-state index contributed by atoms with van der Waals surface area (Å²) in [5.74, 6) is 2.74. The molecule has 4 nitrogen and oxygen atoms in total. The van der Waals surface area contributed by atoms with E-state index in [1.807, 2.05) is 0 Å². The van der Waals surface area contributed by atoms with E-state index in [2.05, 4.69) is 196 Å². The van der Waals surface area contributed by atoms with E-state index in [0.29, 0.717) is 18.0 Å². The first kappa shape index (κ1) is 68.2. The van der Waals surface area contributed by atoms with Gasteiger partial charge in [0.1, 0.15) is 17.9 Å². The zero-order chi connectivity index (χ0) is 50.1. The molecule has 0 amide bonds. The molecule has 0 radical (unpaired) electrons. The number of pyridine rings is 1. The van der Waals surface area contributed by atoms with E-state index < -0.39 is 0 Å². The van der Waals surface area contributed by atoms with Crippen LogP contribution in [-0.4, -0.2) is 10.6 Å². The van der Waals surface area contributed by atoms with Gasteiger partial charge in [0.25, 0.3) is 5.65 Å². The average molecular weight is 1400 g/mol. The van der Waals surface area contributed by atoms with Crippen LogP contribution in [0.1, 0.15) is 195 Å². The molecule has 7 aromatic rings. The van der Waals surface area contributed by atoms with Gasteiger partial charge in [-0.3, -0.25) is 0 Å². The third-order valence-corrected chi connectivity index (χ3v) is 16.8. The zero-order valence-corrected chi connectivity index (χ0v) is 55.7. The first-order chi connectivity index (χ1) is 35.1. The van der Waals surface area contributed by atoms with Crippen LogP contribution in [0.5, 0.6) is 0 Å². The van der Waals surface area contributed by atoms with Gasteiger partial charge in [0, 0.05) is 40.1 Å². The summed E-state index contributed by atoms with van der Waals surface area (Å²) in [6.07, 6.45) is 35.3. The van der Waals surface area contributed by atoms with Crippen molar-refractivity contribution in [2.24, 2.45) is 18.9 Å². The van der Waals surface area contributed by atoms with E-state index in [-0.39, 0.29) is 69.3 Å². The number of benzene rings is 5. The van der Waals surface area contributed by atoms with Crippen LogP contribution < -0.4 is 14.4 Å². The minimum Gasteiger partial charge on any atom is -0.358 e. The van der Waals surface area contributed by atoms with Crippen LogP contribution in [0.25, 0.3) is 38.6 Å². The number of aryl methyl sites for hydroxylation is 3. The molecule has 4 fully saturated rings. The van der Waals surface area contributed by atoms with Crippen LogP contribution in [0.3, 0.4) is 0 Å². The van der Waals surface area contributed by atoms with Crippen molar-refractivity contribution in [3.63, 3.8) is 0 Å². The fourth-order valence-electron chi connectivity index (χ4n) is 13.1. The van der Waals surface area contributed by atoms with Crippen LogP contribution in [0.4, 0.5) is 11.4 Å². The third-order valence-electron chi connectivity index (χ3n) is 16.8. The van der Waals surface area contributed by atoms with E-state index in [4.69, 9.17) is 0 Å². The average Bonchev–Trinajstić information content (AvgIpc) is 4.25. The van der Waals surface area contributed by atoms with Gasteiger partial charge in [0.15, 0.2) is 5.69 Å². The molecule has 0 spiro atoms. The monoisotopic (exact) mass is 1410 g/mol. The Bertz CT molecular complexity index is 2850. The van der Waals surface area contributed by atoms with Crippen LogP contribution in [0.2, 0.25) is 0 Å². The first-order valence-electron chi connectivity index (χ1n) is 28.9. The zero-order valence-electron chi connectivity index (χ0n) is 50.6. The van der Waals surface area contributed by atoms with Crippen molar-refractivity contribution in [3.8, 4) is 11.3 Å². The van der Waals surface area contributed by atoms with E-state index in [1.165, 1.54) is 193 Å². The second kappa shape index (κ2) is 32.4. The number of hydrogen-bond donors (Lipinski definition) is 0. The van der Waals surface area contributed by atoms with E-state index in [0.717, 1.165) is 24.7 Å².